The van der Waals surface area contributed by atoms with Crippen molar-refractivity contribution in [3.05, 3.63) is 218 Å². The molecule has 0 spiro atoms. The first-order valence-electron chi connectivity index (χ1n) is 22.6. The number of nitrogens with zero attached hydrogens (tertiary/aromatic N) is 2. The average molecular weight is 918 g/mol. The van der Waals surface area contributed by atoms with E-state index in [2.05, 4.69) is 199 Å². The van der Waals surface area contributed by atoms with Gasteiger partial charge in [0.05, 0.1) is 0 Å². The van der Waals surface area contributed by atoms with Crippen molar-refractivity contribution in [1.29, 1.82) is 5.26 Å². The van der Waals surface area contributed by atoms with Crippen LogP contribution in [-0.4, -0.2) is 21.2 Å². The Morgan fingerprint density at radius 3 is 1.90 bits per heavy atom. The summed E-state index contributed by atoms with van der Waals surface area (Å²) in [6, 6.07) is 78.1. The topological polar surface area (TPSA) is 49.4 Å². The molecular formula is C61H35BN2O2Se. The molecule has 4 nitrogen and oxygen atoms in total. The Balaban J connectivity index is 1.15. The first-order chi connectivity index (χ1) is 33.2. The Kier molecular flexibility index (Phi) is 8.42. The van der Waals surface area contributed by atoms with E-state index in [1.54, 1.807) is 0 Å². The zero-order chi connectivity index (χ0) is 44.2. The van der Waals surface area contributed by atoms with Gasteiger partial charge in [0.25, 0.3) is 0 Å². The Morgan fingerprint density at radius 2 is 1.13 bits per heavy atom. The van der Waals surface area contributed by atoms with Crippen molar-refractivity contribution in [2.45, 2.75) is 0 Å². The molecule has 0 fully saturated rings. The predicted molar refractivity (Wildman–Crippen MR) is 278 cm³/mol. The third kappa shape index (κ3) is 5.79. The third-order valence-corrected chi connectivity index (χ3v) is 16.1. The molecule has 0 atom stereocenters. The standard InChI is InChI=1S/C61H35BN2O2Se/c63-36-41-21-10-11-22-43(41)42-32-52-58-55(33-42)65-54-35-57-49(46-23-12-13-26-56(46)67-57)34-51(54)62(58)50-29-28-47-48-31-40(37-15-4-1-5-16-37)27-30-53(48)66-61(47)60(50)64(52)59-44(38-17-6-2-7-18-38)24-14-25-45(59)39-19-8-3-9-20-39/h1-35H. The van der Waals surface area contributed by atoms with Crippen molar-refractivity contribution >= 4 is 95.9 Å². The average Bonchev–Trinajstić information content (AvgIpc) is 3.96. The first kappa shape index (κ1) is 38.0. The van der Waals surface area contributed by atoms with E-state index in [-0.39, 0.29) is 21.2 Å². The molecule has 2 aliphatic rings. The number of hydrogen-bond acceptors (Lipinski definition) is 4. The number of hydrogen-bond donors (Lipinski definition) is 0. The Bertz CT molecular complexity index is 3980. The van der Waals surface area contributed by atoms with Crippen LogP contribution in [0.1, 0.15) is 5.56 Å². The van der Waals surface area contributed by atoms with Crippen molar-refractivity contribution in [2.75, 3.05) is 4.90 Å². The van der Waals surface area contributed by atoms with Crippen LogP contribution in [0.25, 0.3) is 85.7 Å². The van der Waals surface area contributed by atoms with Gasteiger partial charge in [0.1, 0.15) is 0 Å². The fraction of sp³-hybridized carbons (Fsp3) is 0. The molecule has 2 aliphatic heterocycles. The van der Waals surface area contributed by atoms with E-state index in [4.69, 9.17) is 9.15 Å². The van der Waals surface area contributed by atoms with Crippen LogP contribution in [0.2, 0.25) is 0 Å². The normalized spacial score (nSPS) is 12.5. The second kappa shape index (κ2) is 14.9. The van der Waals surface area contributed by atoms with E-state index >= 15 is 0 Å². The predicted octanol–water partition coefficient (Wildman–Crippen LogP) is 13.9. The number of rotatable bonds is 5. The molecule has 0 unspecified atom stereocenters. The van der Waals surface area contributed by atoms with Gasteiger partial charge in [0.15, 0.2) is 0 Å². The molecule has 6 heteroatoms. The number of anilines is 3. The van der Waals surface area contributed by atoms with Crippen molar-refractivity contribution in [3.8, 4) is 62.1 Å². The molecule has 14 rings (SSSR count). The summed E-state index contributed by atoms with van der Waals surface area (Å²) in [5.41, 5.74) is 17.0. The van der Waals surface area contributed by atoms with Crippen molar-refractivity contribution in [1.82, 2.24) is 0 Å². The van der Waals surface area contributed by atoms with Gasteiger partial charge in [-0.3, -0.25) is 0 Å². The summed E-state index contributed by atoms with van der Waals surface area (Å²) in [4.78, 5) is 2.47. The first-order valence-corrected chi connectivity index (χ1v) is 24.3. The van der Waals surface area contributed by atoms with Crippen LogP contribution >= 0.6 is 0 Å². The summed E-state index contributed by atoms with van der Waals surface area (Å²) in [6.45, 7) is -0.202. The van der Waals surface area contributed by atoms with E-state index in [1.807, 2.05) is 24.3 Å². The van der Waals surface area contributed by atoms with Gasteiger partial charge >= 0.3 is 323 Å². The molecule has 0 saturated heterocycles. The van der Waals surface area contributed by atoms with E-state index in [0.29, 0.717) is 5.56 Å². The van der Waals surface area contributed by atoms with E-state index in [9.17, 15) is 5.26 Å². The summed E-state index contributed by atoms with van der Waals surface area (Å²) in [7, 11) is 0. The molecule has 67 heavy (non-hydrogen) atoms. The van der Waals surface area contributed by atoms with Crippen molar-refractivity contribution in [3.63, 3.8) is 0 Å². The van der Waals surface area contributed by atoms with Crippen molar-refractivity contribution in [2.24, 2.45) is 0 Å². The Hall–Kier alpha value is -8.33. The molecule has 12 aromatic rings. The monoisotopic (exact) mass is 918 g/mol. The molecule has 10 aromatic carbocycles. The van der Waals surface area contributed by atoms with Gasteiger partial charge in [-0.05, 0) is 5.56 Å². The minimum absolute atomic E-state index is 0.151. The number of para-hydroxylation sites is 1. The van der Waals surface area contributed by atoms with Crippen LogP contribution in [-0.2, 0) is 0 Å². The van der Waals surface area contributed by atoms with Crippen molar-refractivity contribution < 1.29 is 9.15 Å². The fourth-order valence-corrected chi connectivity index (χ4v) is 13.1. The molecule has 310 valence electrons. The molecular weight excluding hydrogens is 882 g/mol. The van der Waals surface area contributed by atoms with Gasteiger partial charge in [-0.2, -0.15) is 0 Å². The quantitative estimate of drug-likeness (QED) is 0.161. The van der Waals surface area contributed by atoms with Crippen LogP contribution in [0.15, 0.2) is 217 Å². The van der Waals surface area contributed by atoms with Crippen LogP contribution < -0.4 is 26.0 Å². The Morgan fingerprint density at radius 1 is 0.448 bits per heavy atom. The number of ether oxygens (including phenoxy) is 1. The van der Waals surface area contributed by atoms with E-state index < -0.39 is 0 Å². The van der Waals surface area contributed by atoms with Gasteiger partial charge < -0.3 is 0 Å². The third-order valence-electron chi connectivity index (χ3n) is 13.8. The van der Waals surface area contributed by atoms with E-state index in [1.165, 1.54) is 19.3 Å². The maximum atomic E-state index is 10.6. The van der Waals surface area contributed by atoms with Crippen LogP contribution in [0, 0.1) is 11.3 Å². The van der Waals surface area contributed by atoms with Crippen LogP contribution in [0.5, 0.6) is 11.5 Å². The zero-order valence-corrected chi connectivity index (χ0v) is 37.6. The molecule has 0 amide bonds. The van der Waals surface area contributed by atoms with Crippen LogP contribution in [0.3, 0.4) is 0 Å². The SMILES string of the molecule is N#Cc1ccccc1-c1cc2c3c(c1)N(c1c(-c4ccccc4)cccc1-c1ccccc1)c1c(ccc4c1oc1ccc(-c5ccccc5)cc14)B3c1cc3c(cc1O2)[se]c1ccccc13. The molecule has 0 N–H and O–H groups in total. The zero-order valence-electron chi connectivity index (χ0n) is 35.9. The molecule has 0 radical (unpaired) electrons. The van der Waals surface area contributed by atoms with Crippen LogP contribution in [0.4, 0.5) is 17.1 Å². The van der Waals surface area contributed by atoms with Gasteiger partial charge in [0.2, 0.25) is 0 Å². The van der Waals surface area contributed by atoms with Gasteiger partial charge in [-0.15, -0.1) is 0 Å². The fourth-order valence-electron chi connectivity index (χ4n) is 10.8. The molecule has 0 saturated carbocycles. The van der Waals surface area contributed by atoms with Gasteiger partial charge in [-0.25, -0.2) is 0 Å². The van der Waals surface area contributed by atoms with E-state index in [0.717, 1.165) is 111 Å². The molecule has 2 aromatic heterocycles. The van der Waals surface area contributed by atoms with Gasteiger partial charge in [-0.1, -0.05) is 66.7 Å². The number of fused-ring (bicyclic) bond motifs is 11. The summed E-state index contributed by atoms with van der Waals surface area (Å²) in [6.07, 6.45) is 0. The minimum atomic E-state index is -0.202. The molecule has 4 heterocycles. The molecule has 0 bridgehead atoms. The summed E-state index contributed by atoms with van der Waals surface area (Å²) in [5.74, 6) is 1.65. The Labute approximate surface area is 393 Å². The second-order valence-electron chi connectivity index (χ2n) is 17.4. The van der Waals surface area contributed by atoms with Gasteiger partial charge in [0, 0.05) is 0 Å². The summed E-state index contributed by atoms with van der Waals surface area (Å²) in [5, 5.41) is 15.2. The maximum absolute atomic E-state index is 10.6. The number of furan rings is 1. The number of benzene rings is 10. The second-order valence-corrected chi connectivity index (χ2v) is 19.7. The molecule has 0 aliphatic carbocycles. The summed E-state index contributed by atoms with van der Waals surface area (Å²) >= 11 is 0.151. The number of nitriles is 1. The summed E-state index contributed by atoms with van der Waals surface area (Å²) < 4.78 is 17.3.